The van der Waals surface area contributed by atoms with E-state index in [0.717, 1.165) is 35.8 Å². The molecule has 29 heavy (non-hydrogen) atoms. The minimum absolute atomic E-state index is 0.124. The van der Waals surface area contributed by atoms with Gasteiger partial charge < -0.3 is 4.74 Å². The molecule has 4 heteroatoms. The molecular formula is C25H32BrNO2. The zero-order chi connectivity index (χ0) is 21.2. The van der Waals surface area contributed by atoms with Gasteiger partial charge in [-0.05, 0) is 91.1 Å². The molecule has 3 rings (SSSR count). The van der Waals surface area contributed by atoms with Gasteiger partial charge in [0.15, 0.2) is 0 Å². The fourth-order valence-corrected chi connectivity index (χ4v) is 4.62. The SMILES string of the molecule is CC(C)c1cc(Br)c2c(c1)CCC(CCc1ccccc1)N2C(=O)OC(C)(C)C. The molecule has 0 fully saturated rings. The molecule has 1 unspecified atom stereocenters. The predicted octanol–water partition coefficient (Wildman–Crippen LogP) is 7.26. The number of aryl methyl sites for hydroxylation is 2. The van der Waals surface area contributed by atoms with Crippen molar-refractivity contribution in [1.29, 1.82) is 0 Å². The molecule has 1 amide bonds. The van der Waals surface area contributed by atoms with Gasteiger partial charge in [0, 0.05) is 10.5 Å². The number of fused-ring (bicyclic) bond motifs is 1. The maximum Gasteiger partial charge on any atom is 0.415 e. The van der Waals surface area contributed by atoms with Crippen LogP contribution in [0.2, 0.25) is 0 Å². The summed E-state index contributed by atoms with van der Waals surface area (Å²) in [6, 6.07) is 15.0. The fraction of sp³-hybridized carbons (Fsp3) is 0.480. The average molecular weight is 458 g/mol. The van der Waals surface area contributed by atoms with E-state index in [-0.39, 0.29) is 12.1 Å². The van der Waals surface area contributed by atoms with Crippen LogP contribution in [0.3, 0.4) is 0 Å². The van der Waals surface area contributed by atoms with Crippen molar-refractivity contribution in [2.75, 3.05) is 4.90 Å². The average Bonchev–Trinajstić information content (AvgIpc) is 2.65. The van der Waals surface area contributed by atoms with Crippen LogP contribution in [0.15, 0.2) is 46.9 Å². The molecule has 0 saturated heterocycles. The first-order valence-corrected chi connectivity index (χ1v) is 11.3. The molecule has 0 aliphatic carbocycles. The summed E-state index contributed by atoms with van der Waals surface area (Å²) >= 11 is 3.76. The van der Waals surface area contributed by atoms with E-state index >= 15 is 0 Å². The van der Waals surface area contributed by atoms with Gasteiger partial charge in [-0.15, -0.1) is 0 Å². The summed E-state index contributed by atoms with van der Waals surface area (Å²) in [5.74, 6) is 0.447. The predicted molar refractivity (Wildman–Crippen MR) is 124 cm³/mol. The number of rotatable bonds is 4. The standard InChI is InChI=1S/C25H32BrNO2/c1-17(2)20-15-19-12-14-21(13-11-18-9-7-6-8-10-18)27(23(19)22(26)16-20)24(28)29-25(3,4)5/h6-10,15-17,21H,11-14H2,1-5H3. The van der Waals surface area contributed by atoms with Crippen LogP contribution in [0, 0.1) is 0 Å². The van der Waals surface area contributed by atoms with Crippen LogP contribution in [0.25, 0.3) is 0 Å². The minimum Gasteiger partial charge on any atom is -0.443 e. The summed E-state index contributed by atoms with van der Waals surface area (Å²) in [5, 5.41) is 0. The molecule has 0 N–H and O–H groups in total. The normalized spacial score (nSPS) is 16.7. The molecule has 2 aromatic carbocycles. The van der Waals surface area contributed by atoms with Crippen molar-refractivity contribution in [3.8, 4) is 0 Å². The Morgan fingerprint density at radius 3 is 2.52 bits per heavy atom. The Labute approximate surface area is 183 Å². The van der Waals surface area contributed by atoms with E-state index in [9.17, 15) is 4.79 Å². The van der Waals surface area contributed by atoms with Gasteiger partial charge in [-0.3, -0.25) is 4.90 Å². The van der Waals surface area contributed by atoms with Gasteiger partial charge in [0.1, 0.15) is 5.60 Å². The zero-order valence-corrected chi connectivity index (χ0v) is 19.8. The number of ether oxygens (including phenoxy) is 1. The topological polar surface area (TPSA) is 29.5 Å². The molecule has 3 nitrogen and oxygen atoms in total. The molecule has 1 heterocycles. The van der Waals surface area contributed by atoms with Crippen LogP contribution in [-0.4, -0.2) is 17.7 Å². The molecule has 0 saturated carbocycles. The second-order valence-corrected chi connectivity index (χ2v) is 10.1. The van der Waals surface area contributed by atoms with Crippen LogP contribution in [0.5, 0.6) is 0 Å². The van der Waals surface area contributed by atoms with Gasteiger partial charge in [-0.25, -0.2) is 4.79 Å². The van der Waals surface area contributed by atoms with Crippen LogP contribution in [0.4, 0.5) is 10.5 Å². The molecule has 0 radical (unpaired) electrons. The molecule has 0 aromatic heterocycles. The van der Waals surface area contributed by atoms with E-state index in [1.54, 1.807) is 0 Å². The molecule has 0 bridgehead atoms. The Morgan fingerprint density at radius 1 is 1.21 bits per heavy atom. The summed E-state index contributed by atoms with van der Waals surface area (Å²) in [7, 11) is 0. The van der Waals surface area contributed by atoms with Crippen molar-refractivity contribution in [1.82, 2.24) is 0 Å². The maximum absolute atomic E-state index is 13.3. The van der Waals surface area contributed by atoms with E-state index in [0.29, 0.717) is 5.92 Å². The van der Waals surface area contributed by atoms with Gasteiger partial charge in [0.25, 0.3) is 0 Å². The van der Waals surface area contributed by atoms with E-state index in [2.05, 4.69) is 66.2 Å². The number of amides is 1. The monoisotopic (exact) mass is 457 g/mol. The highest BCUT2D eigenvalue weighted by molar-refractivity contribution is 9.10. The number of carbonyl (C=O) groups excluding carboxylic acids is 1. The highest BCUT2D eigenvalue weighted by Gasteiger charge is 2.35. The highest BCUT2D eigenvalue weighted by atomic mass is 79.9. The first kappa shape index (κ1) is 21.9. The quantitative estimate of drug-likeness (QED) is 0.483. The van der Waals surface area contributed by atoms with Crippen molar-refractivity contribution < 1.29 is 9.53 Å². The lowest BCUT2D eigenvalue weighted by Gasteiger charge is -2.39. The lowest BCUT2D eigenvalue weighted by molar-refractivity contribution is 0.0558. The molecule has 1 aliphatic heterocycles. The Bertz CT molecular complexity index is 855. The van der Waals surface area contributed by atoms with Gasteiger partial charge in [-0.1, -0.05) is 50.2 Å². The molecule has 2 aromatic rings. The van der Waals surface area contributed by atoms with E-state index in [4.69, 9.17) is 4.74 Å². The third-order valence-electron chi connectivity index (χ3n) is 5.38. The van der Waals surface area contributed by atoms with Gasteiger partial charge >= 0.3 is 6.09 Å². The van der Waals surface area contributed by atoms with Gasteiger partial charge in [0.05, 0.1) is 5.69 Å². The second kappa shape index (κ2) is 8.91. The number of carbonyl (C=O) groups is 1. The van der Waals surface area contributed by atoms with Crippen LogP contribution in [0.1, 0.15) is 70.1 Å². The third kappa shape index (κ3) is 5.42. The van der Waals surface area contributed by atoms with Crippen molar-refractivity contribution in [3.05, 3.63) is 63.6 Å². The van der Waals surface area contributed by atoms with Crippen molar-refractivity contribution in [2.45, 2.75) is 77.9 Å². The lowest BCUT2D eigenvalue weighted by atomic mass is 9.89. The van der Waals surface area contributed by atoms with E-state index < -0.39 is 5.60 Å². The molecular weight excluding hydrogens is 426 g/mol. The van der Waals surface area contributed by atoms with Crippen LogP contribution < -0.4 is 4.90 Å². The van der Waals surface area contributed by atoms with Crippen LogP contribution in [-0.2, 0) is 17.6 Å². The Kier molecular flexibility index (Phi) is 6.72. The summed E-state index contributed by atoms with van der Waals surface area (Å²) in [4.78, 5) is 15.2. The second-order valence-electron chi connectivity index (χ2n) is 9.23. The van der Waals surface area contributed by atoms with E-state index in [1.807, 2.05) is 31.7 Å². The lowest BCUT2D eigenvalue weighted by Crippen LogP contribution is -2.46. The van der Waals surface area contributed by atoms with Crippen molar-refractivity contribution in [3.63, 3.8) is 0 Å². The maximum atomic E-state index is 13.3. The number of nitrogens with zero attached hydrogens (tertiary/aromatic N) is 1. The van der Waals surface area contributed by atoms with Gasteiger partial charge in [0.2, 0.25) is 0 Å². The number of anilines is 1. The van der Waals surface area contributed by atoms with Crippen molar-refractivity contribution in [2.24, 2.45) is 0 Å². The molecule has 1 aliphatic rings. The van der Waals surface area contributed by atoms with Crippen molar-refractivity contribution >= 4 is 27.7 Å². The van der Waals surface area contributed by atoms with Crippen LogP contribution >= 0.6 is 15.9 Å². The summed E-state index contributed by atoms with van der Waals surface area (Å²) in [6.07, 6.45) is 3.54. The fourth-order valence-electron chi connectivity index (χ4n) is 3.91. The Balaban J connectivity index is 1.94. The number of benzene rings is 2. The minimum atomic E-state index is -0.525. The summed E-state index contributed by atoms with van der Waals surface area (Å²) < 4.78 is 6.80. The van der Waals surface area contributed by atoms with E-state index in [1.165, 1.54) is 16.7 Å². The zero-order valence-electron chi connectivity index (χ0n) is 18.2. The molecule has 0 spiro atoms. The Hall–Kier alpha value is -1.81. The number of hydrogen-bond acceptors (Lipinski definition) is 2. The molecule has 1 atom stereocenters. The number of hydrogen-bond donors (Lipinski definition) is 0. The van der Waals surface area contributed by atoms with Gasteiger partial charge in [-0.2, -0.15) is 0 Å². The summed E-state index contributed by atoms with van der Waals surface area (Å²) in [6.45, 7) is 10.2. The number of halogens is 1. The smallest absolute Gasteiger partial charge is 0.415 e. The highest BCUT2D eigenvalue weighted by Crippen LogP contribution is 2.41. The third-order valence-corrected chi connectivity index (χ3v) is 5.99. The summed E-state index contributed by atoms with van der Waals surface area (Å²) in [5.41, 5.74) is 4.28. The first-order chi connectivity index (χ1) is 13.7. The largest absolute Gasteiger partial charge is 0.443 e. The molecule has 156 valence electrons. The Morgan fingerprint density at radius 2 is 1.90 bits per heavy atom. The first-order valence-electron chi connectivity index (χ1n) is 10.5.